The molecule has 1 aromatic heterocycles. The van der Waals surface area contributed by atoms with Gasteiger partial charge in [-0.3, -0.25) is 9.69 Å². The molecule has 2 aromatic rings. The lowest BCUT2D eigenvalue weighted by Crippen LogP contribution is -2.35. The molecule has 1 amide bonds. The minimum atomic E-state index is 0.0504. The Balaban J connectivity index is 1.59. The first-order chi connectivity index (χ1) is 11.3. The first-order valence-electron chi connectivity index (χ1n) is 7.79. The Bertz CT molecular complexity index is 645. The van der Waals surface area contributed by atoms with Gasteiger partial charge in [0.1, 0.15) is 11.4 Å². The fourth-order valence-electron chi connectivity index (χ4n) is 2.84. The molecule has 0 unspecified atom stereocenters. The van der Waals surface area contributed by atoms with E-state index in [4.69, 9.17) is 4.74 Å². The first-order valence-corrected chi connectivity index (χ1v) is 8.73. The Labute approximate surface area is 140 Å². The maximum Gasteiger partial charge on any atom is 0.273 e. The maximum atomic E-state index is 12.4. The van der Waals surface area contributed by atoms with E-state index in [1.165, 1.54) is 16.9 Å². The summed E-state index contributed by atoms with van der Waals surface area (Å²) in [5.74, 6) is 0.937. The van der Waals surface area contributed by atoms with Crippen molar-refractivity contribution in [3.05, 3.63) is 46.4 Å². The van der Waals surface area contributed by atoms with E-state index in [-0.39, 0.29) is 5.91 Å². The van der Waals surface area contributed by atoms with Gasteiger partial charge in [-0.1, -0.05) is 12.1 Å². The van der Waals surface area contributed by atoms with E-state index in [2.05, 4.69) is 22.0 Å². The van der Waals surface area contributed by atoms with E-state index in [9.17, 15) is 4.79 Å². The predicted octanol–water partition coefficient (Wildman–Crippen LogP) is 2.50. The number of aromatic nitrogens is 1. The van der Waals surface area contributed by atoms with E-state index in [1.54, 1.807) is 12.6 Å². The Hall–Kier alpha value is -1.92. The summed E-state index contributed by atoms with van der Waals surface area (Å²) in [6.07, 6.45) is 0.986. The molecule has 5 nitrogen and oxygen atoms in total. The number of ether oxygens (including phenoxy) is 1. The van der Waals surface area contributed by atoms with Crippen molar-refractivity contribution >= 4 is 17.2 Å². The van der Waals surface area contributed by atoms with Gasteiger partial charge in [0, 0.05) is 38.1 Å². The molecule has 0 radical (unpaired) electrons. The van der Waals surface area contributed by atoms with Crippen LogP contribution < -0.4 is 4.74 Å². The van der Waals surface area contributed by atoms with E-state index < -0.39 is 0 Å². The number of nitrogens with zero attached hydrogens (tertiary/aromatic N) is 3. The molecule has 2 heterocycles. The zero-order valence-electron chi connectivity index (χ0n) is 13.3. The summed E-state index contributed by atoms with van der Waals surface area (Å²) in [5.41, 5.74) is 3.51. The van der Waals surface area contributed by atoms with Gasteiger partial charge in [-0.2, -0.15) is 0 Å². The molecule has 1 aliphatic heterocycles. The second-order valence-electron chi connectivity index (χ2n) is 5.65. The van der Waals surface area contributed by atoms with Crippen LogP contribution in [0.2, 0.25) is 0 Å². The summed E-state index contributed by atoms with van der Waals surface area (Å²) < 4.78 is 5.28. The molecule has 122 valence electrons. The highest BCUT2D eigenvalue weighted by Gasteiger charge is 2.21. The molecule has 0 bridgehead atoms. The Morgan fingerprint density at radius 2 is 2.22 bits per heavy atom. The number of rotatable bonds is 4. The molecule has 3 rings (SSSR count). The number of benzene rings is 1. The van der Waals surface area contributed by atoms with Crippen molar-refractivity contribution in [3.63, 3.8) is 0 Å². The second-order valence-corrected chi connectivity index (χ2v) is 6.37. The summed E-state index contributed by atoms with van der Waals surface area (Å²) in [4.78, 5) is 20.8. The number of amides is 1. The van der Waals surface area contributed by atoms with E-state index >= 15 is 0 Å². The first kappa shape index (κ1) is 16.0. The van der Waals surface area contributed by atoms with E-state index in [1.807, 2.05) is 22.4 Å². The summed E-state index contributed by atoms with van der Waals surface area (Å²) in [6, 6.07) is 8.17. The molecule has 1 saturated heterocycles. The van der Waals surface area contributed by atoms with Gasteiger partial charge in [-0.15, -0.1) is 11.3 Å². The quantitative estimate of drug-likeness (QED) is 0.863. The largest absolute Gasteiger partial charge is 0.497 e. The van der Waals surface area contributed by atoms with Crippen molar-refractivity contribution in [2.75, 3.05) is 33.3 Å². The number of methoxy groups -OCH3 is 1. The topological polar surface area (TPSA) is 45.7 Å². The summed E-state index contributed by atoms with van der Waals surface area (Å²) in [5, 5.41) is 1.82. The second kappa shape index (κ2) is 7.57. The molecular formula is C17H21N3O2S. The fraction of sp³-hybridized carbons (Fsp3) is 0.412. The average molecular weight is 331 g/mol. The molecule has 0 atom stereocenters. The van der Waals surface area contributed by atoms with Crippen molar-refractivity contribution in [2.24, 2.45) is 0 Å². The third kappa shape index (κ3) is 4.09. The number of thiazole rings is 1. The van der Waals surface area contributed by atoms with Crippen LogP contribution in [-0.4, -0.2) is 54.0 Å². The predicted molar refractivity (Wildman–Crippen MR) is 90.9 cm³/mol. The van der Waals surface area contributed by atoms with Crippen LogP contribution in [0, 0.1) is 0 Å². The number of hydrogen-bond donors (Lipinski definition) is 0. The summed E-state index contributed by atoms with van der Waals surface area (Å²) in [6.45, 7) is 4.31. The minimum absolute atomic E-state index is 0.0504. The molecule has 0 N–H and O–H groups in total. The summed E-state index contributed by atoms with van der Waals surface area (Å²) >= 11 is 1.46. The summed E-state index contributed by atoms with van der Waals surface area (Å²) in [7, 11) is 1.69. The van der Waals surface area contributed by atoms with Gasteiger partial charge < -0.3 is 9.64 Å². The SMILES string of the molecule is COc1cccc(CN2CCCN(C(=O)c3cscn3)CC2)c1. The van der Waals surface area contributed by atoms with Crippen LogP contribution in [0.5, 0.6) is 5.75 Å². The van der Waals surface area contributed by atoms with Crippen LogP contribution in [0.3, 0.4) is 0 Å². The lowest BCUT2D eigenvalue weighted by Gasteiger charge is -2.21. The fourth-order valence-corrected chi connectivity index (χ4v) is 3.37. The third-order valence-corrected chi connectivity index (χ3v) is 4.65. The Morgan fingerprint density at radius 1 is 1.30 bits per heavy atom. The lowest BCUT2D eigenvalue weighted by atomic mass is 10.2. The van der Waals surface area contributed by atoms with Gasteiger partial charge in [-0.25, -0.2) is 4.98 Å². The molecule has 1 fully saturated rings. The lowest BCUT2D eigenvalue weighted by molar-refractivity contribution is 0.0756. The molecule has 0 aliphatic carbocycles. The molecule has 0 spiro atoms. The van der Waals surface area contributed by atoms with Gasteiger partial charge >= 0.3 is 0 Å². The number of hydrogen-bond acceptors (Lipinski definition) is 5. The van der Waals surface area contributed by atoms with Crippen molar-refractivity contribution in [1.82, 2.24) is 14.8 Å². The zero-order valence-corrected chi connectivity index (χ0v) is 14.1. The molecule has 6 heteroatoms. The number of carbonyl (C=O) groups excluding carboxylic acids is 1. The minimum Gasteiger partial charge on any atom is -0.497 e. The normalized spacial score (nSPS) is 16.1. The zero-order chi connectivity index (χ0) is 16.1. The van der Waals surface area contributed by atoms with Crippen molar-refractivity contribution in [1.29, 1.82) is 0 Å². The smallest absolute Gasteiger partial charge is 0.273 e. The van der Waals surface area contributed by atoms with Crippen molar-refractivity contribution in [3.8, 4) is 5.75 Å². The van der Waals surface area contributed by atoms with Crippen LogP contribution in [0.25, 0.3) is 0 Å². The standard InChI is InChI=1S/C17H21N3O2S/c1-22-15-5-2-4-14(10-15)11-19-6-3-7-20(9-8-19)17(21)16-12-23-13-18-16/h2,4-5,10,12-13H,3,6-9,11H2,1H3. The van der Waals surface area contributed by atoms with Crippen molar-refractivity contribution < 1.29 is 9.53 Å². The monoisotopic (exact) mass is 331 g/mol. The van der Waals surface area contributed by atoms with Gasteiger partial charge in [0.25, 0.3) is 5.91 Å². The number of carbonyl (C=O) groups is 1. The average Bonchev–Trinajstić information content (AvgIpc) is 3.02. The van der Waals surface area contributed by atoms with E-state index in [0.29, 0.717) is 5.69 Å². The highest BCUT2D eigenvalue weighted by Crippen LogP contribution is 2.16. The highest BCUT2D eigenvalue weighted by molar-refractivity contribution is 7.07. The van der Waals surface area contributed by atoms with Crippen LogP contribution in [0.1, 0.15) is 22.5 Å². The van der Waals surface area contributed by atoms with Crippen LogP contribution in [-0.2, 0) is 6.54 Å². The van der Waals surface area contributed by atoms with Crippen LogP contribution in [0.4, 0.5) is 0 Å². The highest BCUT2D eigenvalue weighted by atomic mass is 32.1. The molecular weight excluding hydrogens is 310 g/mol. The molecule has 1 aromatic carbocycles. The molecule has 23 heavy (non-hydrogen) atoms. The van der Waals surface area contributed by atoms with Gasteiger partial charge in [0.05, 0.1) is 12.6 Å². The third-order valence-electron chi connectivity index (χ3n) is 4.07. The maximum absolute atomic E-state index is 12.4. The van der Waals surface area contributed by atoms with E-state index in [0.717, 1.165) is 44.9 Å². The van der Waals surface area contributed by atoms with Gasteiger partial charge in [0.15, 0.2) is 0 Å². The van der Waals surface area contributed by atoms with Gasteiger partial charge in [0.2, 0.25) is 0 Å². The molecule has 0 saturated carbocycles. The molecule has 1 aliphatic rings. The Morgan fingerprint density at radius 3 is 3.00 bits per heavy atom. The van der Waals surface area contributed by atoms with Crippen molar-refractivity contribution in [2.45, 2.75) is 13.0 Å². The van der Waals surface area contributed by atoms with Gasteiger partial charge in [-0.05, 0) is 24.1 Å². The Kier molecular flexibility index (Phi) is 5.25. The van der Waals surface area contributed by atoms with Crippen LogP contribution in [0.15, 0.2) is 35.2 Å². The van der Waals surface area contributed by atoms with Crippen LogP contribution >= 0.6 is 11.3 Å².